The van der Waals surface area contributed by atoms with Gasteiger partial charge in [0.25, 0.3) is 0 Å². The maximum absolute atomic E-state index is 13.9. The first-order chi connectivity index (χ1) is 9.05. The SMILES string of the molecule is CCNC(Cc1cc(Br)ccc1F)C1(C)CCCC1. The average Bonchev–Trinajstić information content (AvgIpc) is 2.81. The lowest BCUT2D eigenvalue weighted by atomic mass is 9.77. The molecule has 0 aliphatic heterocycles. The molecule has 0 heterocycles. The molecule has 0 aromatic heterocycles. The summed E-state index contributed by atoms with van der Waals surface area (Å²) in [5.41, 5.74) is 1.12. The molecule has 1 fully saturated rings. The summed E-state index contributed by atoms with van der Waals surface area (Å²) < 4.78 is 14.9. The van der Waals surface area contributed by atoms with Gasteiger partial charge < -0.3 is 5.32 Å². The van der Waals surface area contributed by atoms with Crippen LogP contribution in [0.4, 0.5) is 4.39 Å². The molecule has 106 valence electrons. The predicted molar refractivity (Wildman–Crippen MR) is 81.8 cm³/mol. The first-order valence-corrected chi connectivity index (χ1v) is 8.02. The van der Waals surface area contributed by atoms with Gasteiger partial charge in [0.05, 0.1) is 0 Å². The zero-order valence-corrected chi connectivity index (χ0v) is 13.4. The molecule has 1 aliphatic carbocycles. The van der Waals surface area contributed by atoms with Gasteiger partial charge in [-0.05, 0) is 55.0 Å². The Morgan fingerprint density at radius 3 is 2.68 bits per heavy atom. The van der Waals surface area contributed by atoms with Crippen LogP contribution in [0.3, 0.4) is 0 Å². The van der Waals surface area contributed by atoms with Crippen LogP contribution in [0.1, 0.15) is 45.1 Å². The van der Waals surface area contributed by atoms with E-state index in [1.54, 1.807) is 12.1 Å². The van der Waals surface area contributed by atoms with Crippen molar-refractivity contribution >= 4 is 15.9 Å². The van der Waals surface area contributed by atoms with Crippen LogP contribution in [-0.2, 0) is 6.42 Å². The molecule has 1 saturated carbocycles. The fourth-order valence-electron chi connectivity index (χ4n) is 3.26. The Morgan fingerprint density at radius 2 is 2.05 bits per heavy atom. The molecule has 19 heavy (non-hydrogen) atoms. The van der Waals surface area contributed by atoms with Gasteiger partial charge in [0.1, 0.15) is 5.82 Å². The van der Waals surface area contributed by atoms with Crippen LogP contribution in [0.5, 0.6) is 0 Å². The zero-order chi connectivity index (χ0) is 13.9. The molecule has 1 N–H and O–H groups in total. The molecule has 0 amide bonds. The number of hydrogen-bond acceptors (Lipinski definition) is 1. The smallest absolute Gasteiger partial charge is 0.126 e. The Bertz CT molecular complexity index is 427. The highest BCUT2D eigenvalue weighted by molar-refractivity contribution is 9.10. The summed E-state index contributed by atoms with van der Waals surface area (Å²) in [5, 5.41) is 3.58. The summed E-state index contributed by atoms with van der Waals surface area (Å²) in [5.74, 6) is -0.0901. The summed E-state index contributed by atoms with van der Waals surface area (Å²) in [6, 6.07) is 5.60. The van der Waals surface area contributed by atoms with E-state index in [4.69, 9.17) is 0 Å². The van der Waals surface area contributed by atoms with Crippen molar-refractivity contribution in [1.29, 1.82) is 0 Å². The van der Waals surface area contributed by atoms with Crippen LogP contribution >= 0.6 is 15.9 Å². The number of hydrogen-bond donors (Lipinski definition) is 1. The van der Waals surface area contributed by atoms with Crippen molar-refractivity contribution in [2.75, 3.05) is 6.54 Å². The first kappa shape index (κ1) is 15.0. The normalized spacial score (nSPS) is 19.6. The van der Waals surface area contributed by atoms with Gasteiger partial charge in [0.2, 0.25) is 0 Å². The van der Waals surface area contributed by atoms with Gasteiger partial charge in [-0.2, -0.15) is 0 Å². The van der Waals surface area contributed by atoms with Crippen molar-refractivity contribution < 1.29 is 4.39 Å². The lowest BCUT2D eigenvalue weighted by Crippen LogP contribution is -2.43. The summed E-state index contributed by atoms with van der Waals surface area (Å²) in [6.07, 6.45) is 5.88. The molecule has 0 radical (unpaired) electrons. The molecule has 0 spiro atoms. The molecule has 3 heteroatoms. The van der Waals surface area contributed by atoms with E-state index in [9.17, 15) is 4.39 Å². The second-order valence-corrected chi connectivity index (χ2v) is 6.83. The van der Waals surface area contributed by atoms with E-state index in [1.165, 1.54) is 25.7 Å². The molecule has 1 aromatic carbocycles. The standard InChI is InChI=1S/C16H23BrFN/c1-3-19-15(16(2)8-4-5-9-16)11-12-10-13(17)6-7-14(12)18/h6-7,10,15,19H,3-5,8-9,11H2,1-2H3. The third-order valence-electron chi connectivity index (χ3n) is 4.47. The Labute approximate surface area is 124 Å². The Kier molecular flexibility index (Phi) is 5.02. The molecule has 1 aliphatic rings. The minimum atomic E-state index is -0.0901. The van der Waals surface area contributed by atoms with Crippen molar-refractivity contribution in [3.05, 3.63) is 34.1 Å². The largest absolute Gasteiger partial charge is 0.313 e. The molecule has 2 rings (SSSR count). The maximum atomic E-state index is 13.9. The molecular formula is C16H23BrFN. The van der Waals surface area contributed by atoms with Gasteiger partial charge in [-0.25, -0.2) is 4.39 Å². The van der Waals surface area contributed by atoms with Gasteiger partial charge in [-0.3, -0.25) is 0 Å². The van der Waals surface area contributed by atoms with Crippen LogP contribution in [0.2, 0.25) is 0 Å². The molecule has 1 atom stereocenters. The quantitative estimate of drug-likeness (QED) is 0.827. The number of benzene rings is 1. The van der Waals surface area contributed by atoms with Crippen molar-refractivity contribution in [3.63, 3.8) is 0 Å². The van der Waals surface area contributed by atoms with Crippen LogP contribution in [0.25, 0.3) is 0 Å². The number of rotatable bonds is 5. The van der Waals surface area contributed by atoms with Gasteiger partial charge in [0, 0.05) is 10.5 Å². The van der Waals surface area contributed by atoms with Crippen molar-refractivity contribution in [2.45, 2.75) is 52.0 Å². The van der Waals surface area contributed by atoms with Crippen molar-refractivity contribution in [1.82, 2.24) is 5.32 Å². The van der Waals surface area contributed by atoms with Gasteiger partial charge in [0.15, 0.2) is 0 Å². The average molecular weight is 328 g/mol. The minimum absolute atomic E-state index is 0.0901. The van der Waals surface area contributed by atoms with Crippen molar-refractivity contribution in [3.8, 4) is 0 Å². The second-order valence-electron chi connectivity index (χ2n) is 5.91. The number of halogens is 2. The van der Waals surface area contributed by atoms with Crippen LogP contribution in [-0.4, -0.2) is 12.6 Å². The van der Waals surface area contributed by atoms with Gasteiger partial charge in [-0.1, -0.05) is 42.6 Å². The molecule has 1 nitrogen and oxygen atoms in total. The lowest BCUT2D eigenvalue weighted by molar-refractivity contribution is 0.220. The monoisotopic (exact) mass is 327 g/mol. The number of nitrogens with one attached hydrogen (secondary N) is 1. The molecule has 0 saturated heterocycles. The topological polar surface area (TPSA) is 12.0 Å². The highest BCUT2D eigenvalue weighted by atomic mass is 79.9. The maximum Gasteiger partial charge on any atom is 0.126 e. The van der Waals surface area contributed by atoms with Crippen LogP contribution in [0.15, 0.2) is 22.7 Å². The summed E-state index contributed by atoms with van der Waals surface area (Å²) >= 11 is 3.44. The van der Waals surface area contributed by atoms with Gasteiger partial charge in [-0.15, -0.1) is 0 Å². The van der Waals surface area contributed by atoms with E-state index in [1.807, 2.05) is 6.07 Å². The molecule has 1 aromatic rings. The highest BCUT2D eigenvalue weighted by Crippen LogP contribution is 2.41. The lowest BCUT2D eigenvalue weighted by Gasteiger charge is -2.35. The zero-order valence-electron chi connectivity index (χ0n) is 11.8. The Morgan fingerprint density at radius 1 is 1.37 bits per heavy atom. The first-order valence-electron chi connectivity index (χ1n) is 7.22. The molecule has 1 unspecified atom stereocenters. The fourth-order valence-corrected chi connectivity index (χ4v) is 3.67. The van der Waals surface area contributed by atoms with E-state index in [2.05, 4.69) is 35.1 Å². The third-order valence-corrected chi connectivity index (χ3v) is 4.96. The second kappa shape index (κ2) is 6.36. The molecule has 0 bridgehead atoms. The fraction of sp³-hybridized carbons (Fsp3) is 0.625. The summed E-state index contributed by atoms with van der Waals surface area (Å²) in [7, 11) is 0. The predicted octanol–water partition coefficient (Wildman–Crippen LogP) is 4.69. The van der Waals surface area contributed by atoms with E-state index >= 15 is 0 Å². The van der Waals surface area contributed by atoms with E-state index < -0.39 is 0 Å². The molecular weight excluding hydrogens is 305 g/mol. The highest BCUT2D eigenvalue weighted by Gasteiger charge is 2.36. The number of likely N-dealkylation sites (N-methyl/N-ethyl adjacent to an activating group) is 1. The van der Waals surface area contributed by atoms with E-state index in [0.717, 1.165) is 23.0 Å². The van der Waals surface area contributed by atoms with Gasteiger partial charge >= 0.3 is 0 Å². The van der Waals surface area contributed by atoms with Crippen molar-refractivity contribution in [2.24, 2.45) is 5.41 Å². The van der Waals surface area contributed by atoms with Crippen LogP contribution in [0, 0.1) is 11.2 Å². The minimum Gasteiger partial charge on any atom is -0.313 e. The van der Waals surface area contributed by atoms with Crippen LogP contribution < -0.4 is 5.32 Å². The summed E-state index contributed by atoms with van der Waals surface area (Å²) in [4.78, 5) is 0. The van der Waals surface area contributed by atoms with E-state index in [0.29, 0.717) is 11.5 Å². The third kappa shape index (κ3) is 3.57. The summed E-state index contributed by atoms with van der Waals surface area (Å²) in [6.45, 7) is 5.42. The Hall–Kier alpha value is -0.410. The Balaban J connectivity index is 2.18. The van der Waals surface area contributed by atoms with E-state index in [-0.39, 0.29) is 5.82 Å².